The number of halogens is 2. The molecule has 0 aliphatic carbocycles. The van der Waals surface area contributed by atoms with Crippen LogP contribution in [0.15, 0.2) is 12.1 Å². The first-order chi connectivity index (χ1) is 7.89. The second-order valence-corrected chi connectivity index (χ2v) is 6.90. The van der Waals surface area contributed by atoms with Crippen molar-refractivity contribution in [3.05, 3.63) is 17.2 Å². The molecule has 17 heavy (non-hydrogen) atoms. The fourth-order valence-corrected chi connectivity index (χ4v) is 2.05. The van der Waals surface area contributed by atoms with Crippen molar-refractivity contribution in [1.82, 2.24) is 8.75 Å². The summed E-state index contributed by atoms with van der Waals surface area (Å²) in [4.78, 5) is 11.9. The summed E-state index contributed by atoms with van der Waals surface area (Å²) in [5.74, 6) is -0.181. The summed E-state index contributed by atoms with van der Waals surface area (Å²) in [7, 11) is 0. The number of aromatic nitrogens is 2. The molecule has 2 aromatic rings. The van der Waals surface area contributed by atoms with Crippen molar-refractivity contribution in [2.45, 2.75) is 18.2 Å². The predicted octanol–water partition coefficient (Wildman–Crippen LogP) is 3.46. The van der Waals surface area contributed by atoms with E-state index in [2.05, 4.69) is 30.0 Å². The summed E-state index contributed by atoms with van der Waals surface area (Å²) in [6.45, 7) is 3.52. The molecule has 0 saturated carbocycles. The van der Waals surface area contributed by atoms with Crippen LogP contribution in [0, 0.1) is 0 Å². The normalized spacial score (nSPS) is 11.8. The van der Waals surface area contributed by atoms with Crippen LogP contribution in [0.25, 0.3) is 11.0 Å². The number of rotatable bonds is 2. The second-order valence-electron chi connectivity index (χ2n) is 3.98. The van der Waals surface area contributed by atoms with Crippen LogP contribution >= 0.6 is 39.3 Å². The van der Waals surface area contributed by atoms with Gasteiger partial charge in [-0.2, -0.15) is 8.75 Å². The summed E-state index contributed by atoms with van der Waals surface area (Å²) in [5, 5.41) is 3.22. The number of nitrogens with zero attached hydrogens (tertiary/aromatic N) is 2. The minimum absolute atomic E-state index is 0.181. The van der Waals surface area contributed by atoms with Gasteiger partial charge in [-0.1, -0.05) is 27.5 Å². The molecule has 4 nitrogen and oxygen atoms in total. The Morgan fingerprint density at radius 1 is 1.47 bits per heavy atom. The van der Waals surface area contributed by atoms with E-state index in [-0.39, 0.29) is 5.91 Å². The number of amides is 1. The largest absolute Gasteiger partial charge is 0.322 e. The Labute approximate surface area is 116 Å². The summed E-state index contributed by atoms with van der Waals surface area (Å²) in [6.07, 6.45) is 0. The zero-order valence-corrected chi connectivity index (χ0v) is 12.3. The lowest BCUT2D eigenvalue weighted by Gasteiger charge is -2.16. The number of alkyl halides is 1. The van der Waals surface area contributed by atoms with Crippen LogP contribution in [-0.4, -0.2) is 19.0 Å². The molecule has 0 aliphatic heterocycles. The van der Waals surface area contributed by atoms with Gasteiger partial charge in [-0.25, -0.2) is 0 Å². The van der Waals surface area contributed by atoms with E-state index in [4.69, 9.17) is 11.6 Å². The first-order valence-corrected chi connectivity index (χ1v) is 6.71. The van der Waals surface area contributed by atoms with E-state index in [1.54, 1.807) is 26.0 Å². The quantitative estimate of drug-likeness (QED) is 0.856. The van der Waals surface area contributed by atoms with E-state index in [9.17, 15) is 4.79 Å². The molecule has 0 unspecified atom stereocenters. The average Bonchev–Trinajstić information content (AvgIpc) is 2.68. The van der Waals surface area contributed by atoms with Gasteiger partial charge >= 0.3 is 0 Å². The van der Waals surface area contributed by atoms with Crippen LogP contribution in [0.3, 0.4) is 0 Å². The lowest BCUT2D eigenvalue weighted by molar-refractivity contribution is -0.117. The average molecular weight is 335 g/mol. The predicted molar refractivity (Wildman–Crippen MR) is 74.1 cm³/mol. The summed E-state index contributed by atoms with van der Waals surface area (Å²) < 4.78 is 7.56. The highest BCUT2D eigenvalue weighted by molar-refractivity contribution is 9.10. The van der Waals surface area contributed by atoms with Gasteiger partial charge in [0.05, 0.1) is 26.8 Å². The van der Waals surface area contributed by atoms with Gasteiger partial charge in [-0.3, -0.25) is 4.79 Å². The van der Waals surface area contributed by atoms with E-state index in [0.717, 1.165) is 17.2 Å². The van der Waals surface area contributed by atoms with Gasteiger partial charge in [0.15, 0.2) is 0 Å². The summed E-state index contributed by atoms with van der Waals surface area (Å²) in [6, 6.07) is 3.47. The zero-order valence-electron chi connectivity index (χ0n) is 9.12. The van der Waals surface area contributed by atoms with Crippen molar-refractivity contribution in [2.75, 3.05) is 5.32 Å². The number of hydrogen-bond acceptors (Lipinski definition) is 4. The molecular weight excluding hydrogens is 326 g/mol. The number of benzene rings is 1. The highest BCUT2D eigenvalue weighted by Gasteiger charge is 2.25. The maximum atomic E-state index is 11.9. The van der Waals surface area contributed by atoms with Crippen LogP contribution in [-0.2, 0) is 4.79 Å². The Balaban J connectivity index is 2.45. The zero-order chi connectivity index (χ0) is 12.6. The third-order valence-corrected chi connectivity index (χ3v) is 3.37. The number of nitrogens with one attached hydrogen (secondary N) is 1. The molecular formula is C10H9BrClN3OS. The number of hydrogen-bond donors (Lipinski definition) is 1. The Morgan fingerprint density at radius 2 is 2.18 bits per heavy atom. The molecule has 1 aromatic heterocycles. The molecule has 0 aliphatic rings. The van der Waals surface area contributed by atoms with Crippen molar-refractivity contribution in [2.24, 2.45) is 0 Å². The Kier molecular flexibility index (Phi) is 3.38. The third kappa shape index (κ3) is 2.59. The second kappa shape index (κ2) is 4.51. The number of anilines is 1. The van der Waals surface area contributed by atoms with E-state index in [0.29, 0.717) is 16.2 Å². The molecule has 0 spiro atoms. The van der Waals surface area contributed by atoms with E-state index >= 15 is 0 Å². The van der Waals surface area contributed by atoms with Crippen molar-refractivity contribution in [1.29, 1.82) is 0 Å². The maximum absolute atomic E-state index is 11.9. The van der Waals surface area contributed by atoms with Crippen LogP contribution in [0.1, 0.15) is 13.8 Å². The van der Waals surface area contributed by atoms with Gasteiger partial charge in [0.1, 0.15) is 11.0 Å². The highest BCUT2D eigenvalue weighted by atomic mass is 79.9. The van der Waals surface area contributed by atoms with Crippen molar-refractivity contribution in [3.63, 3.8) is 0 Å². The fraction of sp³-hybridized carbons (Fsp3) is 0.300. The van der Waals surface area contributed by atoms with Crippen molar-refractivity contribution in [3.8, 4) is 0 Å². The molecule has 90 valence electrons. The van der Waals surface area contributed by atoms with Gasteiger partial charge < -0.3 is 5.32 Å². The maximum Gasteiger partial charge on any atom is 0.240 e. The highest BCUT2D eigenvalue weighted by Crippen LogP contribution is 2.31. The number of carbonyl (C=O) groups excluding carboxylic acids is 1. The lowest BCUT2D eigenvalue weighted by atomic mass is 10.2. The molecule has 7 heteroatoms. The molecule has 1 heterocycles. The first-order valence-electron chi connectivity index (χ1n) is 4.81. The van der Waals surface area contributed by atoms with Gasteiger partial charge in [0.25, 0.3) is 0 Å². The summed E-state index contributed by atoms with van der Waals surface area (Å²) in [5.41, 5.74) is 1.85. The molecule has 1 N–H and O–H groups in total. The molecule has 0 radical (unpaired) electrons. The topological polar surface area (TPSA) is 54.9 Å². The summed E-state index contributed by atoms with van der Waals surface area (Å²) >= 11 is 10.4. The van der Waals surface area contributed by atoms with E-state index < -0.39 is 4.32 Å². The Hall–Kier alpha value is -0.720. The first kappa shape index (κ1) is 12.7. The molecule has 0 fully saturated rings. The number of carbonyl (C=O) groups is 1. The monoisotopic (exact) mass is 333 g/mol. The fourth-order valence-electron chi connectivity index (χ4n) is 1.21. The molecule has 0 atom stereocenters. The van der Waals surface area contributed by atoms with Crippen LogP contribution < -0.4 is 5.32 Å². The van der Waals surface area contributed by atoms with E-state index in [1.807, 2.05) is 0 Å². The number of fused-ring (bicyclic) bond motifs is 1. The Bertz CT molecular complexity index is 578. The lowest BCUT2D eigenvalue weighted by Crippen LogP contribution is -2.31. The minimum atomic E-state index is -0.665. The SMILES string of the molecule is CC(C)(Br)C(=O)Nc1c(Cl)ccc2nsnc12. The van der Waals surface area contributed by atoms with Crippen molar-refractivity contribution >= 4 is 61.9 Å². The van der Waals surface area contributed by atoms with Gasteiger partial charge in [0.2, 0.25) is 5.91 Å². The van der Waals surface area contributed by atoms with Crippen molar-refractivity contribution < 1.29 is 4.79 Å². The molecule has 1 aromatic carbocycles. The molecule has 1 amide bonds. The van der Waals surface area contributed by atoms with E-state index in [1.165, 1.54) is 0 Å². The minimum Gasteiger partial charge on any atom is -0.322 e. The molecule has 0 bridgehead atoms. The standard InChI is InChI=1S/C10H9BrClN3OS/c1-10(2,11)9(16)13-7-5(12)3-4-6-8(7)15-17-14-6/h3-4H,1-2H3,(H,13,16). The van der Waals surface area contributed by atoms with Gasteiger partial charge in [0, 0.05) is 0 Å². The molecule has 0 saturated heterocycles. The Morgan fingerprint density at radius 3 is 2.82 bits per heavy atom. The molecule has 2 rings (SSSR count). The van der Waals surface area contributed by atoms with Gasteiger partial charge in [-0.05, 0) is 26.0 Å². The smallest absolute Gasteiger partial charge is 0.240 e. The third-order valence-electron chi connectivity index (χ3n) is 2.16. The van der Waals surface area contributed by atoms with Crippen LogP contribution in [0.4, 0.5) is 5.69 Å². The van der Waals surface area contributed by atoms with Gasteiger partial charge in [-0.15, -0.1) is 0 Å². The van der Waals surface area contributed by atoms with Crippen LogP contribution in [0.5, 0.6) is 0 Å². The van der Waals surface area contributed by atoms with Crippen LogP contribution in [0.2, 0.25) is 5.02 Å².